The second-order valence-electron chi connectivity index (χ2n) is 49.3. The molecule has 7 heterocycles. The van der Waals surface area contributed by atoms with Crippen LogP contribution in [-0.4, -0.2) is 65.7 Å². The molecule has 7 aromatic heterocycles. The third-order valence-corrected chi connectivity index (χ3v) is 41.3. The molecule has 3 aliphatic rings. The molecule has 9 aromatic carbocycles. The minimum absolute atomic E-state index is 0.0187. The van der Waals surface area contributed by atoms with E-state index in [1.165, 1.54) is 133 Å². The Kier molecular flexibility index (Phi) is 37.2. The van der Waals surface area contributed by atoms with E-state index < -0.39 is 16.1 Å². The van der Waals surface area contributed by atoms with E-state index in [1.54, 1.807) is 10.8 Å². The largest absolute Gasteiger partial charge is 0.373 e. The van der Waals surface area contributed by atoms with Crippen LogP contribution in [0.25, 0.3) is 65.5 Å². The summed E-state index contributed by atoms with van der Waals surface area (Å²) in [7, 11) is -2.98. The van der Waals surface area contributed by atoms with Gasteiger partial charge < -0.3 is 22.8 Å². The number of benzene rings is 9. The third-order valence-electron chi connectivity index (χ3n) is 29.8. The highest BCUT2D eigenvalue weighted by atomic mass is 28.3. The Morgan fingerprint density at radius 3 is 1.22 bits per heavy atom. The van der Waals surface area contributed by atoms with Crippen LogP contribution in [0.4, 0.5) is 0 Å². The van der Waals surface area contributed by atoms with E-state index in [4.69, 9.17) is 9.59 Å². The molecule has 0 bridgehead atoms. The van der Waals surface area contributed by atoms with Gasteiger partial charge in [0.1, 0.15) is 13.7 Å². The van der Waals surface area contributed by atoms with Crippen molar-refractivity contribution in [2.45, 2.75) is 340 Å². The average Bonchev–Trinajstić information content (AvgIpc) is 1.64. The van der Waals surface area contributed by atoms with Crippen molar-refractivity contribution in [1.82, 2.24) is 37.6 Å². The van der Waals surface area contributed by atoms with E-state index in [2.05, 4.69) is 513 Å². The Morgan fingerprint density at radius 1 is 0.362 bits per heavy atom. The first kappa shape index (κ1) is 112. The molecule has 11 nitrogen and oxygen atoms in total. The molecule has 0 amide bonds. The molecule has 16 aromatic rings. The summed E-state index contributed by atoms with van der Waals surface area (Å²) in [6, 6.07) is 95.0. The number of rotatable bonds is 5. The molecule has 13 heteroatoms. The molecule has 0 unspecified atom stereocenters. The third kappa shape index (κ3) is 28.4. The molecular formula is C128H172N8O3Si2. The van der Waals surface area contributed by atoms with Crippen molar-refractivity contribution < 1.29 is 14.4 Å². The van der Waals surface area contributed by atoms with Gasteiger partial charge in [0.25, 0.3) is 0 Å². The fourth-order valence-corrected chi connectivity index (χ4v) is 26.3. The maximum Gasteiger partial charge on any atom is 0.373 e. The van der Waals surface area contributed by atoms with E-state index >= 15 is 0 Å². The molecule has 2 saturated carbocycles. The highest BCUT2D eigenvalue weighted by molar-refractivity contribution is 7.03. The highest BCUT2D eigenvalue weighted by Gasteiger charge is 2.44. The van der Waals surface area contributed by atoms with Crippen LogP contribution in [0.3, 0.4) is 0 Å². The Balaban J connectivity index is 0.000000164. The summed E-state index contributed by atoms with van der Waals surface area (Å²) in [6.45, 7) is 72.9. The van der Waals surface area contributed by atoms with Crippen LogP contribution in [0.2, 0.25) is 29.7 Å². The summed E-state index contributed by atoms with van der Waals surface area (Å²) in [5, 5.41) is 17.3. The quantitative estimate of drug-likeness (QED) is 0.160. The average molecular weight is 1930 g/mol. The number of aryl methyl sites for hydroxylation is 2. The molecule has 19 rings (SSSR count). The fourth-order valence-electron chi connectivity index (χ4n) is 20.6. The van der Waals surface area contributed by atoms with Crippen molar-refractivity contribution in [2.24, 2.45) is 23.2 Å². The van der Waals surface area contributed by atoms with E-state index in [0.717, 1.165) is 53.1 Å². The maximum atomic E-state index is 12.2. The Labute approximate surface area is 850 Å². The van der Waals surface area contributed by atoms with Gasteiger partial charge in [0, 0.05) is 131 Å². The number of para-hydroxylation sites is 5. The molecule has 141 heavy (non-hydrogen) atoms. The van der Waals surface area contributed by atoms with E-state index in [1.807, 2.05) is 48.8 Å². The molecule has 2 fully saturated rings. The number of pyridine rings is 1. The first-order valence-electron chi connectivity index (χ1n) is 52.0. The van der Waals surface area contributed by atoms with Crippen molar-refractivity contribution in [3.8, 4) is 0 Å². The molecule has 0 N–H and O–H groups in total. The van der Waals surface area contributed by atoms with Crippen LogP contribution in [0.5, 0.6) is 0 Å². The number of carbonyl (C=O) groups excluding carboxylic acids is 3. The van der Waals surface area contributed by atoms with Crippen LogP contribution >= 0.6 is 0 Å². The van der Waals surface area contributed by atoms with Crippen LogP contribution in [0.15, 0.2) is 304 Å². The predicted octanol–water partition coefficient (Wildman–Crippen LogP) is 33.6. The first-order chi connectivity index (χ1) is 66.0. The number of carbonyl (C=O) groups is 1. The van der Waals surface area contributed by atoms with Gasteiger partial charge in [-0.25, -0.2) is 4.98 Å². The second-order valence-corrected chi connectivity index (χ2v) is 59.5. The molecule has 0 aliphatic heterocycles. The summed E-state index contributed by atoms with van der Waals surface area (Å²) < 4.78 is 13.6. The Morgan fingerprint density at radius 2 is 0.780 bits per heavy atom. The molecule has 3 aliphatic carbocycles. The van der Waals surface area contributed by atoms with Gasteiger partial charge in [-0.3, -0.25) is 9.48 Å². The van der Waals surface area contributed by atoms with Gasteiger partial charge in [-0.15, -0.1) is 0 Å². The lowest BCUT2D eigenvalue weighted by atomic mass is 9.64. The number of hydrogen-bond acceptors (Lipinski definition) is 5. The zero-order valence-corrected chi connectivity index (χ0v) is 94.3. The van der Waals surface area contributed by atoms with Crippen molar-refractivity contribution >= 4 is 109 Å². The standard InChI is InChI=1S/C23H36.C17H22Si.C16H19NO.C16H17N.C13H17N.C12H20Si.2C11H14N2.C8H13N.CO2/c1-17-5-7-18(8-6-17)19-9-11-20(12-10-19)21-13-15-22(16-14-21)23(2,3)4;1-17(2,3)18(4,15-11-7-5-8-12-15)16-13-9-6-10-14-16;1-16(2,3)17-12-8-5-4-7-11(12)15-13(17)9-6-10-14(15)18;1-16(2,3)17-14-10-6-4-8-12(14)13-9-5-7-11-15(13)17;1-10-9-14(13(2,3)4)12-8-6-5-7-11(10)12;1-12(2,3)13(4,5)11-9-7-6-8-10-11;1-11(2,3)13-8-6-9-5-4-7-12-10(9)13;1-11(2,3)13-10-7-5-4-6-9(10)8-12-13;1-8(2,3)9-6-4-5-7-9;2-1-3/h5-8,19-22H,9-16H2,1-4H3;5-14H,1-4H3;4-5,7-8H,6,9-10H2,1-3H3;4-11H,1-3H3;5-9H,1-4H3;6-10H,1-5H3;2*4-8H,1-3H3;4-7H,1-3H3;. The zero-order chi connectivity index (χ0) is 104. The lowest BCUT2D eigenvalue weighted by Gasteiger charge is -2.41. The van der Waals surface area contributed by atoms with Crippen molar-refractivity contribution in [3.05, 3.63) is 332 Å². The van der Waals surface area contributed by atoms with Crippen LogP contribution < -0.4 is 15.6 Å². The van der Waals surface area contributed by atoms with Gasteiger partial charge in [-0.1, -0.05) is 309 Å². The minimum Gasteiger partial charge on any atom is -0.349 e. The highest BCUT2D eigenvalue weighted by Crippen LogP contribution is 2.48. The molecule has 750 valence electrons. The summed E-state index contributed by atoms with van der Waals surface area (Å²) >= 11 is 0. The zero-order valence-electron chi connectivity index (χ0n) is 92.3. The topological polar surface area (TPSA) is 107 Å². The number of fused-ring (bicyclic) bond motifs is 9. The summed E-state index contributed by atoms with van der Waals surface area (Å²) in [6.07, 6.45) is 27.0. The second kappa shape index (κ2) is 46.9. The summed E-state index contributed by atoms with van der Waals surface area (Å²) in [5.41, 5.74) is 15.2. The van der Waals surface area contributed by atoms with E-state index in [9.17, 15) is 4.79 Å². The van der Waals surface area contributed by atoms with Crippen molar-refractivity contribution in [2.75, 3.05) is 0 Å². The molecule has 0 radical (unpaired) electrons. The summed E-state index contributed by atoms with van der Waals surface area (Å²) in [4.78, 5) is 32.8. The monoisotopic (exact) mass is 1930 g/mol. The lowest BCUT2D eigenvalue weighted by Crippen LogP contribution is -2.61. The maximum absolute atomic E-state index is 12.2. The molecule has 0 saturated heterocycles. The van der Waals surface area contributed by atoms with Crippen LogP contribution in [-0.2, 0) is 49.2 Å². The summed E-state index contributed by atoms with van der Waals surface area (Å²) in [5.74, 6) is 4.17. The number of Topliss-reactive ketones (excluding diaryl/α,β-unsaturated/α-hetero) is 1. The number of aromatic nitrogens is 8. The smallest absolute Gasteiger partial charge is 0.349 e. The van der Waals surface area contributed by atoms with Crippen LogP contribution in [0.1, 0.15) is 290 Å². The van der Waals surface area contributed by atoms with Crippen molar-refractivity contribution in [1.29, 1.82) is 0 Å². The fraction of sp³-hybridized carbons (Fsp3) is 0.438. The van der Waals surface area contributed by atoms with Gasteiger partial charge in [0.2, 0.25) is 0 Å². The first-order valence-corrected chi connectivity index (χ1v) is 57.5. The molecular weight excluding hydrogens is 1750 g/mol. The Bertz CT molecular complexity index is 6460. The van der Waals surface area contributed by atoms with Gasteiger partial charge in [-0.2, -0.15) is 14.7 Å². The molecule has 0 spiro atoms. The predicted molar refractivity (Wildman–Crippen MR) is 612 cm³/mol. The van der Waals surface area contributed by atoms with Gasteiger partial charge >= 0.3 is 6.15 Å². The minimum atomic E-state index is -1.70. The SMILES string of the molecule is CC(C)(C)[Si](C)(C)c1ccccc1.CC(C)(C)[Si](C)(c1ccccc1)c1ccccc1.CC(C)(C)n1c2c(c3ccccc31)C(=O)CCC2.CC(C)(C)n1c2ccccc2c2ccccc21.CC(C)(C)n1ccc2cccnc21.CC(C)(C)n1cccc1.CC(C)(C)n1ncc2ccccc21.Cc1ccc(C2CCC(C3CCC(C(C)(C)C)CC3)CC2)cc1.Cc1cn(C(C)(C)C)c2ccccc12.O=C=O. The van der Waals surface area contributed by atoms with Gasteiger partial charge in [-0.05, 0) is 314 Å². The lowest BCUT2D eigenvalue weighted by molar-refractivity contribution is -0.191. The van der Waals surface area contributed by atoms with Gasteiger partial charge in [0.05, 0.1) is 25.3 Å². The molecule has 0 atom stereocenters. The van der Waals surface area contributed by atoms with E-state index in [-0.39, 0.29) is 39.4 Å². The number of ketones is 1. The van der Waals surface area contributed by atoms with E-state index in [0.29, 0.717) is 27.7 Å². The number of hydrogen-bond donors (Lipinski definition) is 0. The normalized spacial score (nSPS) is 16.0. The van der Waals surface area contributed by atoms with Crippen LogP contribution in [0, 0.1) is 37.0 Å². The number of nitrogens with zero attached hydrogens (tertiary/aromatic N) is 8. The Hall–Kier alpha value is -11.2. The van der Waals surface area contributed by atoms with Gasteiger partial charge in [0.15, 0.2) is 5.78 Å². The van der Waals surface area contributed by atoms with Crippen molar-refractivity contribution in [3.63, 3.8) is 0 Å².